The zero-order valence-corrected chi connectivity index (χ0v) is 12.2. The van der Waals surface area contributed by atoms with E-state index in [1.54, 1.807) is 25.5 Å². The Bertz CT molecular complexity index is 661. The van der Waals surface area contributed by atoms with Crippen LogP contribution in [0, 0.1) is 5.82 Å². The number of thiocarbonyl (C=S) groups is 1. The summed E-state index contributed by atoms with van der Waals surface area (Å²) in [7, 11) is 1.59. The lowest BCUT2D eigenvalue weighted by atomic mass is 10.2. The molecule has 4 nitrogen and oxygen atoms in total. The van der Waals surface area contributed by atoms with Crippen molar-refractivity contribution in [1.82, 2.24) is 5.43 Å². The fourth-order valence-electron chi connectivity index (χ4n) is 1.66. The van der Waals surface area contributed by atoms with Gasteiger partial charge >= 0.3 is 0 Å². The Kier molecular flexibility index (Phi) is 5.22. The first-order valence-electron chi connectivity index (χ1n) is 6.17. The maximum absolute atomic E-state index is 13.0. The van der Waals surface area contributed by atoms with Crippen LogP contribution in [0.15, 0.2) is 53.6 Å². The van der Waals surface area contributed by atoms with Crippen molar-refractivity contribution < 1.29 is 9.13 Å². The summed E-state index contributed by atoms with van der Waals surface area (Å²) in [6.07, 6.45) is 1.60. The molecule has 0 aliphatic carbocycles. The molecule has 21 heavy (non-hydrogen) atoms. The van der Waals surface area contributed by atoms with Gasteiger partial charge in [-0.25, -0.2) is 4.39 Å². The van der Waals surface area contributed by atoms with Gasteiger partial charge in [0, 0.05) is 11.3 Å². The average Bonchev–Trinajstić information content (AvgIpc) is 2.47. The van der Waals surface area contributed by atoms with Crippen molar-refractivity contribution >= 4 is 29.2 Å². The van der Waals surface area contributed by atoms with Gasteiger partial charge in [-0.2, -0.15) is 5.10 Å². The summed E-state index contributed by atoms with van der Waals surface area (Å²) < 4.78 is 18.2. The molecule has 0 heterocycles. The number of anilines is 1. The first kappa shape index (κ1) is 14.9. The van der Waals surface area contributed by atoms with Crippen molar-refractivity contribution in [1.29, 1.82) is 0 Å². The van der Waals surface area contributed by atoms with Crippen LogP contribution < -0.4 is 15.5 Å². The molecule has 0 bridgehead atoms. The Hall–Kier alpha value is -2.47. The van der Waals surface area contributed by atoms with Crippen LogP contribution in [0.5, 0.6) is 5.75 Å². The second-order valence-electron chi connectivity index (χ2n) is 4.08. The Morgan fingerprint density at radius 1 is 1.24 bits per heavy atom. The molecule has 2 aromatic carbocycles. The topological polar surface area (TPSA) is 45.6 Å². The molecular formula is C15H14FN3OS. The third-order valence-electron chi connectivity index (χ3n) is 2.59. The number of para-hydroxylation sites is 1. The van der Waals surface area contributed by atoms with E-state index in [9.17, 15) is 4.39 Å². The lowest BCUT2D eigenvalue weighted by molar-refractivity contribution is 0.414. The number of benzene rings is 2. The van der Waals surface area contributed by atoms with E-state index in [4.69, 9.17) is 17.0 Å². The zero-order chi connectivity index (χ0) is 15.1. The SMILES string of the molecule is COc1ccccc1/C=N/NC(=S)Nc1cccc(F)c1. The number of halogens is 1. The highest BCUT2D eigenvalue weighted by molar-refractivity contribution is 7.80. The van der Waals surface area contributed by atoms with Crippen LogP contribution >= 0.6 is 12.2 Å². The van der Waals surface area contributed by atoms with Gasteiger partial charge in [0.25, 0.3) is 0 Å². The predicted molar refractivity (Wildman–Crippen MR) is 86.3 cm³/mol. The molecule has 0 amide bonds. The predicted octanol–water partition coefficient (Wildman–Crippen LogP) is 3.15. The molecule has 0 aromatic heterocycles. The summed E-state index contributed by atoms with van der Waals surface area (Å²) >= 11 is 5.07. The lowest BCUT2D eigenvalue weighted by Gasteiger charge is -2.07. The number of hydrogen-bond acceptors (Lipinski definition) is 3. The lowest BCUT2D eigenvalue weighted by Crippen LogP contribution is -2.23. The summed E-state index contributed by atoms with van der Waals surface area (Å²) in [5.41, 5.74) is 4.04. The van der Waals surface area contributed by atoms with Crippen molar-refractivity contribution in [3.63, 3.8) is 0 Å². The van der Waals surface area contributed by atoms with Gasteiger partial charge in [0.1, 0.15) is 11.6 Å². The van der Waals surface area contributed by atoms with E-state index in [2.05, 4.69) is 15.8 Å². The summed E-state index contributed by atoms with van der Waals surface area (Å²) in [5.74, 6) is 0.382. The molecule has 2 N–H and O–H groups in total. The smallest absolute Gasteiger partial charge is 0.191 e. The van der Waals surface area contributed by atoms with Crippen molar-refractivity contribution in [3.05, 3.63) is 59.9 Å². The average molecular weight is 303 g/mol. The number of hydrazone groups is 1. The largest absolute Gasteiger partial charge is 0.496 e. The molecule has 0 radical (unpaired) electrons. The Balaban J connectivity index is 1.93. The van der Waals surface area contributed by atoms with E-state index < -0.39 is 0 Å². The second-order valence-corrected chi connectivity index (χ2v) is 4.48. The monoisotopic (exact) mass is 303 g/mol. The first-order chi connectivity index (χ1) is 10.2. The maximum atomic E-state index is 13.0. The van der Waals surface area contributed by atoms with Crippen LogP contribution in [0.1, 0.15) is 5.56 Å². The molecule has 0 fully saturated rings. The van der Waals surface area contributed by atoms with Gasteiger partial charge < -0.3 is 10.1 Å². The number of nitrogens with one attached hydrogen (secondary N) is 2. The normalized spacial score (nSPS) is 10.4. The molecule has 108 valence electrons. The third-order valence-corrected chi connectivity index (χ3v) is 2.78. The minimum Gasteiger partial charge on any atom is -0.496 e. The molecule has 0 unspecified atom stereocenters. The minimum atomic E-state index is -0.333. The van der Waals surface area contributed by atoms with Crippen LogP contribution in [-0.4, -0.2) is 18.4 Å². The van der Waals surface area contributed by atoms with Crippen molar-refractivity contribution in [2.75, 3.05) is 12.4 Å². The summed E-state index contributed by atoms with van der Waals surface area (Å²) in [6.45, 7) is 0. The molecule has 6 heteroatoms. The van der Waals surface area contributed by atoms with Gasteiger partial charge in [-0.15, -0.1) is 0 Å². The highest BCUT2D eigenvalue weighted by Crippen LogP contribution is 2.14. The van der Waals surface area contributed by atoms with E-state index >= 15 is 0 Å². The number of hydrogen-bond donors (Lipinski definition) is 2. The summed E-state index contributed by atoms with van der Waals surface area (Å²) in [4.78, 5) is 0. The van der Waals surface area contributed by atoms with E-state index in [0.29, 0.717) is 11.4 Å². The molecule has 2 aromatic rings. The molecule has 0 spiro atoms. The number of nitrogens with zero attached hydrogens (tertiary/aromatic N) is 1. The van der Waals surface area contributed by atoms with Crippen LogP contribution in [-0.2, 0) is 0 Å². The summed E-state index contributed by atoms with van der Waals surface area (Å²) in [6, 6.07) is 13.5. The molecule has 0 aliphatic heterocycles. The Morgan fingerprint density at radius 2 is 2.05 bits per heavy atom. The first-order valence-corrected chi connectivity index (χ1v) is 6.58. The van der Waals surface area contributed by atoms with Gasteiger partial charge in [-0.1, -0.05) is 18.2 Å². The number of methoxy groups -OCH3 is 1. The Labute approximate surface area is 127 Å². The van der Waals surface area contributed by atoms with Crippen molar-refractivity contribution in [2.24, 2.45) is 5.10 Å². The van der Waals surface area contributed by atoms with Gasteiger partial charge in [-0.05, 0) is 42.5 Å². The highest BCUT2D eigenvalue weighted by atomic mass is 32.1. The van der Waals surface area contributed by atoms with E-state index in [0.717, 1.165) is 5.56 Å². The van der Waals surface area contributed by atoms with Crippen LogP contribution in [0.4, 0.5) is 10.1 Å². The van der Waals surface area contributed by atoms with Crippen LogP contribution in [0.3, 0.4) is 0 Å². The standard InChI is InChI=1S/C15H14FN3OS/c1-20-14-8-3-2-5-11(14)10-17-19-15(21)18-13-7-4-6-12(16)9-13/h2-10H,1H3,(H2,18,19,21)/b17-10+. The fourth-order valence-corrected chi connectivity index (χ4v) is 1.83. The van der Waals surface area contributed by atoms with Gasteiger partial charge in [0.05, 0.1) is 13.3 Å². The number of ether oxygens (including phenoxy) is 1. The van der Waals surface area contributed by atoms with Gasteiger partial charge in [-0.3, -0.25) is 5.43 Å². The quantitative estimate of drug-likeness (QED) is 0.517. The van der Waals surface area contributed by atoms with Crippen molar-refractivity contribution in [3.8, 4) is 5.75 Å². The maximum Gasteiger partial charge on any atom is 0.191 e. The summed E-state index contributed by atoms with van der Waals surface area (Å²) in [5, 5.41) is 7.12. The van der Waals surface area contributed by atoms with E-state index in [-0.39, 0.29) is 10.9 Å². The molecule has 0 saturated heterocycles. The van der Waals surface area contributed by atoms with Gasteiger partial charge in [0.2, 0.25) is 0 Å². The second kappa shape index (κ2) is 7.35. The zero-order valence-electron chi connectivity index (χ0n) is 11.3. The van der Waals surface area contributed by atoms with Crippen LogP contribution in [0.2, 0.25) is 0 Å². The molecule has 0 atom stereocenters. The fraction of sp³-hybridized carbons (Fsp3) is 0.0667. The van der Waals surface area contributed by atoms with E-state index in [1.165, 1.54) is 12.1 Å². The van der Waals surface area contributed by atoms with Crippen molar-refractivity contribution in [2.45, 2.75) is 0 Å². The Morgan fingerprint density at radius 3 is 2.81 bits per heavy atom. The molecular weight excluding hydrogens is 289 g/mol. The molecule has 0 aliphatic rings. The molecule has 2 rings (SSSR count). The number of rotatable bonds is 4. The van der Waals surface area contributed by atoms with Gasteiger partial charge in [0.15, 0.2) is 5.11 Å². The van der Waals surface area contributed by atoms with E-state index in [1.807, 2.05) is 24.3 Å². The highest BCUT2D eigenvalue weighted by Gasteiger charge is 1.99. The molecule has 0 saturated carbocycles. The minimum absolute atomic E-state index is 0.270. The van der Waals surface area contributed by atoms with Crippen LogP contribution in [0.25, 0.3) is 0 Å². The third kappa shape index (κ3) is 4.54.